The molecular weight excluding hydrogens is 237 g/mol. The van der Waals surface area contributed by atoms with Gasteiger partial charge in [0.15, 0.2) is 0 Å². The second-order valence-corrected chi connectivity index (χ2v) is 5.17. The summed E-state index contributed by atoms with van der Waals surface area (Å²) < 4.78 is 13.7. The average molecular weight is 257 g/mol. The maximum Gasteiger partial charge on any atom is 0.131 e. The molecule has 0 aliphatic carbocycles. The van der Waals surface area contributed by atoms with Gasteiger partial charge >= 0.3 is 0 Å². The molecule has 1 rings (SSSR count). The zero-order chi connectivity index (χ0) is 13.0. The number of nitrogens with zero attached hydrogens (tertiary/aromatic N) is 1. The third-order valence-corrected chi connectivity index (χ3v) is 3.71. The zero-order valence-corrected chi connectivity index (χ0v) is 11.6. The van der Waals surface area contributed by atoms with Gasteiger partial charge in [0.05, 0.1) is 6.10 Å². The first kappa shape index (κ1) is 14.3. The monoisotopic (exact) mass is 257 g/mol. The molecule has 1 N–H and O–H groups in total. The van der Waals surface area contributed by atoms with Crippen molar-refractivity contribution >= 4 is 17.4 Å². The van der Waals surface area contributed by atoms with E-state index < -0.39 is 6.10 Å². The Morgan fingerprint density at radius 2 is 2.06 bits per heavy atom. The van der Waals surface area contributed by atoms with E-state index in [1.807, 2.05) is 24.3 Å². The third-order valence-electron chi connectivity index (χ3n) is 2.90. The quantitative estimate of drug-likeness (QED) is 0.877. The Balaban J connectivity index is 3.08. The molecule has 0 aliphatic heterocycles. The van der Waals surface area contributed by atoms with Crippen molar-refractivity contribution in [3.05, 3.63) is 29.6 Å². The van der Waals surface area contributed by atoms with E-state index in [9.17, 15) is 9.50 Å². The average Bonchev–Trinajstić information content (AvgIpc) is 2.27. The molecule has 0 amide bonds. The predicted octanol–water partition coefficient (Wildman–Crippen LogP) is 3.07. The van der Waals surface area contributed by atoms with Crippen LogP contribution in [0.3, 0.4) is 0 Å². The molecular formula is C13H20FNOS. The summed E-state index contributed by atoms with van der Waals surface area (Å²) in [7, 11) is 1.93. The highest BCUT2D eigenvalue weighted by atomic mass is 32.2. The lowest BCUT2D eigenvalue weighted by atomic mass is 10.1. The summed E-state index contributed by atoms with van der Waals surface area (Å²) in [6.45, 7) is 3.68. The van der Waals surface area contributed by atoms with Crippen molar-refractivity contribution in [3.63, 3.8) is 0 Å². The van der Waals surface area contributed by atoms with Crippen LogP contribution in [0.1, 0.15) is 25.5 Å². The smallest absolute Gasteiger partial charge is 0.131 e. The summed E-state index contributed by atoms with van der Waals surface area (Å²) in [6.07, 6.45) is 1.25. The molecule has 0 aromatic heterocycles. The Labute approximate surface area is 107 Å². The molecule has 0 bridgehead atoms. The maximum absolute atomic E-state index is 13.7. The molecule has 96 valence electrons. The van der Waals surface area contributed by atoms with E-state index in [4.69, 9.17) is 0 Å². The lowest BCUT2D eigenvalue weighted by Crippen LogP contribution is -2.32. The van der Waals surface area contributed by atoms with Crippen molar-refractivity contribution in [2.24, 2.45) is 0 Å². The highest BCUT2D eigenvalue weighted by Gasteiger charge is 2.18. The van der Waals surface area contributed by atoms with E-state index in [-0.39, 0.29) is 5.82 Å². The first-order chi connectivity index (χ1) is 7.99. The summed E-state index contributed by atoms with van der Waals surface area (Å²) in [5.41, 5.74) is 1.14. The van der Waals surface area contributed by atoms with Gasteiger partial charge in [-0.1, -0.05) is 6.07 Å². The van der Waals surface area contributed by atoms with Gasteiger partial charge in [0, 0.05) is 30.1 Å². The second kappa shape index (κ2) is 6.26. The number of halogens is 1. The van der Waals surface area contributed by atoms with E-state index in [2.05, 4.69) is 6.92 Å². The fourth-order valence-corrected chi connectivity index (χ4v) is 2.54. The highest BCUT2D eigenvalue weighted by Crippen LogP contribution is 2.29. The number of aliphatic hydroxyl groups excluding tert-OH is 1. The van der Waals surface area contributed by atoms with Crippen LogP contribution < -0.4 is 4.90 Å². The molecule has 17 heavy (non-hydrogen) atoms. The third kappa shape index (κ3) is 3.36. The lowest BCUT2D eigenvalue weighted by Gasteiger charge is -2.29. The van der Waals surface area contributed by atoms with Crippen molar-refractivity contribution in [1.82, 2.24) is 0 Å². The summed E-state index contributed by atoms with van der Waals surface area (Å²) >= 11 is 1.75. The molecule has 4 heteroatoms. The van der Waals surface area contributed by atoms with Gasteiger partial charge in [-0.15, -0.1) is 0 Å². The van der Waals surface area contributed by atoms with Crippen LogP contribution in [0.4, 0.5) is 10.1 Å². The first-order valence-electron chi connectivity index (χ1n) is 5.67. The number of hydrogen-bond acceptors (Lipinski definition) is 3. The van der Waals surface area contributed by atoms with Crippen LogP contribution in [0.25, 0.3) is 0 Å². The SMILES string of the molecule is CSCC(C)N(C)c1cccc(F)c1C(C)O. The predicted molar refractivity (Wildman–Crippen MR) is 73.3 cm³/mol. The fraction of sp³-hybridized carbons (Fsp3) is 0.538. The van der Waals surface area contributed by atoms with Gasteiger partial charge in [-0.25, -0.2) is 4.39 Å². The molecule has 1 aromatic carbocycles. The Kier molecular flexibility index (Phi) is 5.28. The molecule has 0 radical (unpaired) electrons. The van der Waals surface area contributed by atoms with Gasteiger partial charge in [0.1, 0.15) is 5.82 Å². The standard InChI is InChI=1S/C13H20FNOS/c1-9(8-17-4)15(3)12-7-5-6-11(14)13(12)10(2)16/h5-7,9-10,16H,8H2,1-4H3. The zero-order valence-electron chi connectivity index (χ0n) is 10.8. The molecule has 0 saturated carbocycles. The molecule has 2 atom stereocenters. The van der Waals surface area contributed by atoms with Gasteiger partial charge < -0.3 is 10.0 Å². The minimum Gasteiger partial charge on any atom is -0.389 e. The van der Waals surface area contributed by atoms with Crippen LogP contribution in [0, 0.1) is 5.82 Å². The fourth-order valence-electron chi connectivity index (χ4n) is 1.84. The summed E-state index contributed by atoms with van der Waals surface area (Å²) in [6, 6.07) is 5.21. The van der Waals surface area contributed by atoms with Crippen LogP contribution >= 0.6 is 11.8 Å². The molecule has 2 unspecified atom stereocenters. The number of anilines is 1. The lowest BCUT2D eigenvalue weighted by molar-refractivity contribution is 0.194. The largest absolute Gasteiger partial charge is 0.389 e. The Morgan fingerprint density at radius 3 is 2.59 bits per heavy atom. The summed E-state index contributed by atoms with van der Waals surface area (Å²) in [4.78, 5) is 2.02. The van der Waals surface area contributed by atoms with Gasteiger partial charge in [0.25, 0.3) is 0 Å². The summed E-state index contributed by atoms with van der Waals surface area (Å²) in [5, 5.41) is 9.67. The van der Waals surface area contributed by atoms with Gasteiger partial charge in [-0.3, -0.25) is 0 Å². The molecule has 0 aliphatic rings. The van der Waals surface area contributed by atoms with Crippen molar-refractivity contribution in [3.8, 4) is 0 Å². The van der Waals surface area contributed by atoms with Gasteiger partial charge in [-0.05, 0) is 32.2 Å². The molecule has 0 fully saturated rings. The molecule has 2 nitrogen and oxygen atoms in total. The Morgan fingerprint density at radius 1 is 1.41 bits per heavy atom. The Hall–Kier alpha value is -0.740. The van der Waals surface area contributed by atoms with E-state index in [1.54, 1.807) is 24.8 Å². The molecule has 0 heterocycles. The molecule has 0 spiro atoms. The van der Waals surface area contributed by atoms with Crippen LogP contribution in [0.2, 0.25) is 0 Å². The topological polar surface area (TPSA) is 23.5 Å². The second-order valence-electron chi connectivity index (χ2n) is 4.26. The van der Waals surface area contributed by atoms with E-state index >= 15 is 0 Å². The number of benzene rings is 1. The minimum atomic E-state index is -0.796. The van der Waals surface area contributed by atoms with Crippen molar-refractivity contribution in [2.75, 3.05) is 24.0 Å². The van der Waals surface area contributed by atoms with Crippen molar-refractivity contribution in [1.29, 1.82) is 0 Å². The number of rotatable bonds is 5. The normalized spacial score (nSPS) is 14.5. The van der Waals surface area contributed by atoms with Crippen LogP contribution in [0.15, 0.2) is 18.2 Å². The first-order valence-corrected chi connectivity index (χ1v) is 7.06. The van der Waals surface area contributed by atoms with Crippen LogP contribution in [-0.2, 0) is 0 Å². The van der Waals surface area contributed by atoms with E-state index in [1.165, 1.54) is 6.07 Å². The molecule has 1 aromatic rings. The van der Waals surface area contributed by atoms with Crippen LogP contribution in [-0.4, -0.2) is 30.2 Å². The number of thioether (sulfide) groups is 1. The van der Waals surface area contributed by atoms with E-state index in [0.717, 1.165) is 11.4 Å². The van der Waals surface area contributed by atoms with Gasteiger partial charge in [-0.2, -0.15) is 11.8 Å². The van der Waals surface area contributed by atoms with Crippen LogP contribution in [0.5, 0.6) is 0 Å². The van der Waals surface area contributed by atoms with Crippen molar-refractivity contribution in [2.45, 2.75) is 26.0 Å². The minimum absolute atomic E-state index is 0.296. The highest BCUT2D eigenvalue weighted by molar-refractivity contribution is 7.98. The number of aliphatic hydroxyl groups is 1. The number of hydrogen-bond donors (Lipinski definition) is 1. The van der Waals surface area contributed by atoms with Crippen molar-refractivity contribution < 1.29 is 9.50 Å². The maximum atomic E-state index is 13.7. The molecule has 0 saturated heterocycles. The van der Waals surface area contributed by atoms with Gasteiger partial charge in [0.2, 0.25) is 0 Å². The Bertz CT molecular complexity index is 370. The van der Waals surface area contributed by atoms with E-state index in [0.29, 0.717) is 11.6 Å². The summed E-state index contributed by atoms with van der Waals surface area (Å²) in [5.74, 6) is 0.618.